The van der Waals surface area contributed by atoms with E-state index in [1.165, 1.54) is 23.2 Å². The van der Waals surface area contributed by atoms with Crippen molar-refractivity contribution < 1.29 is 14.7 Å². The summed E-state index contributed by atoms with van der Waals surface area (Å²) in [5.74, 6) is -0.765. The highest BCUT2D eigenvalue weighted by molar-refractivity contribution is 7.97. The number of carbonyl (C=O) groups excluding carboxylic acids is 1. The molecule has 62 valence electrons. The number of aliphatic carboxylic acids is 1. The maximum Gasteiger partial charge on any atom is 0.309 e. The van der Waals surface area contributed by atoms with Gasteiger partial charge < -0.3 is 5.11 Å². The Morgan fingerprint density at radius 3 is 2.55 bits per heavy atom. The van der Waals surface area contributed by atoms with Crippen LogP contribution in [0.15, 0.2) is 0 Å². The molecule has 4 nitrogen and oxygen atoms in total. The molecule has 0 saturated carbocycles. The van der Waals surface area contributed by atoms with E-state index in [2.05, 4.69) is 0 Å². The van der Waals surface area contributed by atoms with Crippen LogP contribution in [0.25, 0.3) is 0 Å². The molecule has 1 amide bonds. The normalized spacial score (nSPS) is 23.7. The molecular weight excluding hydrogens is 166 g/mol. The van der Waals surface area contributed by atoms with Gasteiger partial charge in [0.05, 0.1) is 5.92 Å². The van der Waals surface area contributed by atoms with E-state index in [0.29, 0.717) is 12.3 Å². The Bertz CT molecular complexity index is 174. The maximum atomic E-state index is 10.7. The fraction of sp³-hybridized carbons (Fsp3) is 0.667. The SMILES string of the molecule is CC(=O)N1CC(C(=O)O)CS1. The molecule has 0 aromatic heterocycles. The van der Waals surface area contributed by atoms with E-state index in [-0.39, 0.29) is 11.8 Å². The van der Waals surface area contributed by atoms with Crippen LogP contribution in [-0.2, 0) is 9.59 Å². The number of carbonyl (C=O) groups is 2. The van der Waals surface area contributed by atoms with Crippen molar-refractivity contribution in [1.29, 1.82) is 0 Å². The van der Waals surface area contributed by atoms with Crippen LogP contribution in [0.5, 0.6) is 0 Å². The van der Waals surface area contributed by atoms with E-state index in [1.54, 1.807) is 0 Å². The van der Waals surface area contributed by atoms with Crippen molar-refractivity contribution in [3.05, 3.63) is 0 Å². The number of nitrogens with zero attached hydrogens (tertiary/aromatic N) is 1. The van der Waals surface area contributed by atoms with Gasteiger partial charge in [0.1, 0.15) is 0 Å². The molecule has 1 aliphatic heterocycles. The monoisotopic (exact) mass is 175 g/mol. The summed E-state index contributed by atoms with van der Waals surface area (Å²) < 4.78 is 1.48. The van der Waals surface area contributed by atoms with Crippen LogP contribution < -0.4 is 0 Å². The number of carboxylic acids is 1. The van der Waals surface area contributed by atoms with E-state index in [0.717, 1.165) is 0 Å². The minimum absolute atomic E-state index is 0.0706. The summed E-state index contributed by atoms with van der Waals surface area (Å²) in [5.41, 5.74) is 0. The summed E-state index contributed by atoms with van der Waals surface area (Å²) in [4.78, 5) is 21.1. The molecule has 0 aliphatic carbocycles. The highest BCUT2D eigenvalue weighted by Crippen LogP contribution is 2.24. The van der Waals surface area contributed by atoms with Gasteiger partial charge in [-0.05, 0) is 11.9 Å². The third-order valence-electron chi connectivity index (χ3n) is 1.52. The quantitative estimate of drug-likeness (QED) is 0.578. The molecule has 5 heteroatoms. The average Bonchev–Trinajstić information content (AvgIpc) is 2.33. The molecule has 0 aromatic rings. The highest BCUT2D eigenvalue weighted by atomic mass is 32.2. The van der Waals surface area contributed by atoms with Crippen LogP contribution >= 0.6 is 11.9 Å². The molecule has 1 unspecified atom stereocenters. The first kappa shape index (κ1) is 8.39. The van der Waals surface area contributed by atoms with Crippen molar-refractivity contribution in [3.8, 4) is 0 Å². The summed E-state index contributed by atoms with van der Waals surface area (Å²) in [6.45, 7) is 1.78. The number of amides is 1. The third-order valence-corrected chi connectivity index (χ3v) is 2.79. The summed E-state index contributed by atoms with van der Waals surface area (Å²) in [7, 11) is 0. The number of rotatable bonds is 1. The van der Waals surface area contributed by atoms with E-state index in [4.69, 9.17) is 5.11 Å². The first-order chi connectivity index (χ1) is 5.11. The molecule has 0 bridgehead atoms. The summed E-state index contributed by atoms with van der Waals surface area (Å²) >= 11 is 1.29. The van der Waals surface area contributed by atoms with Crippen molar-refractivity contribution in [3.63, 3.8) is 0 Å². The van der Waals surface area contributed by atoms with E-state index in [9.17, 15) is 9.59 Å². The molecule has 0 spiro atoms. The van der Waals surface area contributed by atoms with Gasteiger partial charge in [-0.2, -0.15) is 0 Å². The Morgan fingerprint density at radius 1 is 1.64 bits per heavy atom. The summed E-state index contributed by atoms with van der Waals surface area (Å²) in [6, 6.07) is 0. The maximum absolute atomic E-state index is 10.7. The number of hydrogen-bond donors (Lipinski definition) is 1. The lowest BCUT2D eigenvalue weighted by Gasteiger charge is -2.09. The van der Waals surface area contributed by atoms with Crippen LogP contribution in [0.2, 0.25) is 0 Å². The Morgan fingerprint density at radius 2 is 2.27 bits per heavy atom. The van der Waals surface area contributed by atoms with E-state index < -0.39 is 5.97 Å². The van der Waals surface area contributed by atoms with Crippen LogP contribution in [0.4, 0.5) is 0 Å². The van der Waals surface area contributed by atoms with Crippen molar-refractivity contribution in [2.75, 3.05) is 12.3 Å². The molecule has 11 heavy (non-hydrogen) atoms. The molecule has 1 N–H and O–H groups in total. The molecule has 1 atom stereocenters. The molecule has 1 fully saturated rings. The lowest BCUT2D eigenvalue weighted by Crippen LogP contribution is -2.24. The summed E-state index contributed by atoms with van der Waals surface area (Å²) in [5, 5.41) is 8.56. The standard InChI is InChI=1S/C6H9NO3S/c1-4(8)7-2-5(3-11-7)6(9)10/h5H,2-3H2,1H3,(H,9,10). The minimum Gasteiger partial charge on any atom is -0.481 e. The Hall–Kier alpha value is -0.710. The largest absolute Gasteiger partial charge is 0.481 e. The Labute approximate surface area is 68.7 Å². The van der Waals surface area contributed by atoms with Gasteiger partial charge in [-0.1, -0.05) is 0 Å². The van der Waals surface area contributed by atoms with E-state index >= 15 is 0 Å². The number of carboxylic acid groups (broad SMARTS) is 1. The zero-order valence-electron chi connectivity index (χ0n) is 6.11. The van der Waals surface area contributed by atoms with Crippen molar-refractivity contribution >= 4 is 23.8 Å². The van der Waals surface area contributed by atoms with Gasteiger partial charge in [-0.25, -0.2) is 0 Å². The lowest BCUT2D eigenvalue weighted by atomic mass is 10.2. The molecule has 1 saturated heterocycles. The van der Waals surface area contributed by atoms with Crippen LogP contribution in [-0.4, -0.2) is 33.6 Å². The highest BCUT2D eigenvalue weighted by Gasteiger charge is 2.30. The molecule has 1 rings (SSSR count). The lowest BCUT2D eigenvalue weighted by molar-refractivity contribution is -0.141. The molecule has 1 heterocycles. The van der Waals surface area contributed by atoms with Gasteiger partial charge in [0, 0.05) is 19.2 Å². The first-order valence-electron chi connectivity index (χ1n) is 3.25. The third kappa shape index (κ3) is 1.86. The second-order valence-corrected chi connectivity index (χ2v) is 3.44. The molecule has 1 aliphatic rings. The second kappa shape index (κ2) is 3.13. The van der Waals surface area contributed by atoms with E-state index in [1.807, 2.05) is 0 Å². The van der Waals surface area contributed by atoms with Crippen LogP contribution in [0.3, 0.4) is 0 Å². The molecular formula is C6H9NO3S. The van der Waals surface area contributed by atoms with Gasteiger partial charge in [-0.3, -0.25) is 13.9 Å². The fourth-order valence-electron chi connectivity index (χ4n) is 0.854. The smallest absolute Gasteiger partial charge is 0.309 e. The summed E-state index contributed by atoms with van der Waals surface area (Å²) in [6.07, 6.45) is 0. The van der Waals surface area contributed by atoms with Crippen LogP contribution in [0.1, 0.15) is 6.92 Å². The predicted molar refractivity (Wildman–Crippen MR) is 41.0 cm³/mol. The van der Waals surface area contributed by atoms with Gasteiger partial charge in [-0.15, -0.1) is 0 Å². The van der Waals surface area contributed by atoms with Gasteiger partial charge >= 0.3 is 5.97 Å². The van der Waals surface area contributed by atoms with Gasteiger partial charge in [0.2, 0.25) is 5.91 Å². The zero-order chi connectivity index (χ0) is 8.43. The topological polar surface area (TPSA) is 57.6 Å². The predicted octanol–water partition coefficient (Wildman–Crippen LogP) is 0.198. The van der Waals surface area contributed by atoms with Gasteiger partial charge in [0.15, 0.2) is 0 Å². The number of hydrogen-bond acceptors (Lipinski definition) is 3. The van der Waals surface area contributed by atoms with Crippen molar-refractivity contribution in [2.24, 2.45) is 5.92 Å². The minimum atomic E-state index is -0.818. The van der Waals surface area contributed by atoms with Crippen molar-refractivity contribution in [1.82, 2.24) is 4.31 Å². The fourth-order valence-corrected chi connectivity index (χ4v) is 1.93. The zero-order valence-corrected chi connectivity index (χ0v) is 6.93. The Balaban J connectivity index is 2.47. The second-order valence-electron chi connectivity index (χ2n) is 2.41. The van der Waals surface area contributed by atoms with Crippen molar-refractivity contribution in [2.45, 2.75) is 6.92 Å². The van der Waals surface area contributed by atoms with Gasteiger partial charge in [0.25, 0.3) is 0 Å². The first-order valence-corrected chi connectivity index (χ1v) is 4.19. The Kier molecular flexibility index (Phi) is 2.38. The van der Waals surface area contributed by atoms with Crippen LogP contribution in [0, 0.1) is 5.92 Å². The average molecular weight is 175 g/mol. The molecule has 0 radical (unpaired) electrons. The molecule has 0 aromatic carbocycles.